The number of benzene rings is 2. The van der Waals surface area contributed by atoms with Gasteiger partial charge in [-0.2, -0.15) is 0 Å². The highest BCUT2D eigenvalue weighted by molar-refractivity contribution is 6.34. The Balaban J connectivity index is 2.05. The first kappa shape index (κ1) is 17.7. The molecule has 0 fully saturated rings. The lowest BCUT2D eigenvalue weighted by Crippen LogP contribution is -2.44. The molecule has 0 aliphatic heterocycles. The first-order chi connectivity index (χ1) is 11.7. The third kappa shape index (κ3) is 4.69. The van der Waals surface area contributed by atoms with Gasteiger partial charge < -0.3 is 9.80 Å². The van der Waals surface area contributed by atoms with Crippen LogP contribution >= 0.6 is 0 Å². The number of nitrogens with zero attached hydrogens (tertiary/aromatic N) is 2. The summed E-state index contributed by atoms with van der Waals surface area (Å²) in [5.41, 5.74) is 2.04. The highest BCUT2D eigenvalue weighted by Crippen LogP contribution is 2.09. The molecule has 2 aromatic carbocycles. The molecule has 0 aromatic heterocycles. The smallest absolute Gasteiger partial charge is 0.312 e. The molecule has 0 radical (unpaired) electrons. The maximum Gasteiger partial charge on any atom is 0.312 e. The summed E-state index contributed by atoms with van der Waals surface area (Å²) in [7, 11) is 0. The maximum atomic E-state index is 12.6. The minimum Gasteiger partial charge on any atom is -0.330 e. The van der Waals surface area contributed by atoms with Gasteiger partial charge in [0.1, 0.15) is 0 Å². The van der Waals surface area contributed by atoms with E-state index in [1.807, 2.05) is 74.5 Å². The van der Waals surface area contributed by atoms with Crippen LogP contribution in [0.1, 0.15) is 25.0 Å². The zero-order valence-corrected chi connectivity index (χ0v) is 14.3. The second-order valence-electron chi connectivity index (χ2n) is 5.61. The number of amides is 2. The van der Waals surface area contributed by atoms with Crippen LogP contribution in [0.2, 0.25) is 0 Å². The van der Waals surface area contributed by atoms with Crippen LogP contribution in [0, 0.1) is 0 Å². The third-order valence-electron chi connectivity index (χ3n) is 3.95. The van der Waals surface area contributed by atoms with Crippen LogP contribution in [-0.4, -0.2) is 34.7 Å². The number of likely N-dealkylation sites (N-methyl/N-ethyl adjacent to an activating group) is 2. The molecule has 2 aromatic rings. The van der Waals surface area contributed by atoms with E-state index in [2.05, 4.69) is 0 Å². The zero-order valence-electron chi connectivity index (χ0n) is 14.3. The Kier molecular flexibility index (Phi) is 6.55. The molecular formula is C20H24N2O2. The quantitative estimate of drug-likeness (QED) is 0.766. The largest absolute Gasteiger partial charge is 0.330 e. The van der Waals surface area contributed by atoms with Crippen molar-refractivity contribution in [3.05, 3.63) is 71.8 Å². The maximum absolute atomic E-state index is 12.6. The Morgan fingerprint density at radius 2 is 1.00 bits per heavy atom. The molecule has 0 bridgehead atoms. The second-order valence-corrected chi connectivity index (χ2v) is 5.61. The summed E-state index contributed by atoms with van der Waals surface area (Å²) in [5.74, 6) is -0.890. The Bertz CT molecular complexity index is 596. The lowest BCUT2D eigenvalue weighted by molar-refractivity contribution is -0.152. The Morgan fingerprint density at radius 1 is 0.667 bits per heavy atom. The van der Waals surface area contributed by atoms with E-state index in [1.54, 1.807) is 9.80 Å². The molecule has 4 nitrogen and oxygen atoms in total. The molecule has 0 N–H and O–H groups in total. The Hall–Kier alpha value is -2.62. The molecule has 0 atom stereocenters. The molecule has 0 heterocycles. The summed E-state index contributed by atoms with van der Waals surface area (Å²) in [6, 6.07) is 19.4. The fourth-order valence-corrected chi connectivity index (χ4v) is 2.53. The molecule has 2 rings (SSSR count). The number of carbonyl (C=O) groups excluding carboxylic acids is 2. The van der Waals surface area contributed by atoms with Crippen LogP contribution in [0.15, 0.2) is 60.7 Å². The highest BCUT2D eigenvalue weighted by atomic mass is 16.2. The van der Waals surface area contributed by atoms with Crippen molar-refractivity contribution in [2.75, 3.05) is 13.1 Å². The van der Waals surface area contributed by atoms with Crippen molar-refractivity contribution in [3.8, 4) is 0 Å². The lowest BCUT2D eigenvalue weighted by Gasteiger charge is -2.25. The average molecular weight is 324 g/mol. The van der Waals surface area contributed by atoms with Crippen LogP contribution in [0.4, 0.5) is 0 Å². The first-order valence-electron chi connectivity index (χ1n) is 8.31. The highest BCUT2D eigenvalue weighted by Gasteiger charge is 2.25. The van der Waals surface area contributed by atoms with Crippen molar-refractivity contribution in [2.24, 2.45) is 0 Å². The molecular weight excluding hydrogens is 300 g/mol. The van der Waals surface area contributed by atoms with Gasteiger partial charge in [-0.3, -0.25) is 9.59 Å². The van der Waals surface area contributed by atoms with E-state index < -0.39 is 11.8 Å². The molecule has 0 aliphatic carbocycles. The molecule has 0 aliphatic rings. The van der Waals surface area contributed by atoms with E-state index in [0.717, 1.165) is 11.1 Å². The number of hydrogen-bond donors (Lipinski definition) is 0. The van der Waals surface area contributed by atoms with Gasteiger partial charge in [0, 0.05) is 26.2 Å². The van der Waals surface area contributed by atoms with E-state index in [-0.39, 0.29) is 0 Å². The van der Waals surface area contributed by atoms with Crippen molar-refractivity contribution in [1.29, 1.82) is 0 Å². The number of rotatable bonds is 6. The van der Waals surface area contributed by atoms with E-state index in [9.17, 15) is 9.59 Å². The van der Waals surface area contributed by atoms with Crippen LogP contribution in [0.25, 0.3) is 0 Å². The van der Waals surface area contributed by atoms with Crippen molar-refractivity contribution in [1.82, 2.24) is 9.80 Å². The van der Waals surface area contributed by atoms with Gasteiger partial charge in [0.15, 0.2) is 0 Å². The third-order valence-corrected chi connectivity index (χ3v) is 3.95. The second kappa shape index (κ2) is 8.87. The fourth-order valence-electron chi connectivity index (χ4n) is 2.53. The normalized spacial score (nSPS) is 10.2. The fraction of sp³-hybridized carbons (Fsp3) is 0.300. The first-order valence-corrected chi connectivity index (χ1v) is 8.31. The SMILES string of the molecule is CCN(Cc1ccccc1)C(=O)C(=O)N(CC)Cc1ccccc1. The van der Waals surface area contributed by atoms with Crippen LogP contribution in [-0.2, 0) is 22.7 Å². The van der Waals surface area contributed by atoms with Crippen LogP contribution in [0.3, 0.4) is 0 Å². The van der Waals surface area contributed by atoms with E-state index in [4.69, 9.17) is 0 Å². The molecule has 2 amide bonds. The minimum atomic E-state index is -0.445. The average Bonchev–Trinajstić information content (AvgIpc) is 2.64. The molecule has 0 saturated carbocycles. The molecule has 24 heavy (non-hydrogen) atoms. The summed E-state index contributed by atoms with van der Waals surface area (Å²) < 4.78 is 0. The molecule has 0 spiro atoms. The van der Waals surface area contributed by atoms with Gasteiger partial charge in [-0.05, 0) is 25.0 Å². The molecule has 0 saturated heterocycles. The van der Waals surface area contributed by atoms with Gasteiger partial charge in [-0.1, -0.05) is 60.7 Å². The van der Waals surface area contributed by atoms with Gasteiger partial charge >= 0.3 is 11.8 Å². The van der Waals surface area contributed by atoms with Gasteiger partial charge in [0.05, 0.1) is 0 Å². The van der Waals surface area contributed by atoms with E-state index >= 15 is 0 Å². The minimum absolute atomic E-state index is 0.445. The Morgan fingerprint density at radius 3 is 1.29 bits per heavy atom. The van der Waals surface area contributed by atoms with Crippen molar-refractivity contribution in [2.45, 2.75) is 26.9 Å². The predicted octanol–water partition coefficient (Wildman–Crippen LogP) is 3.08. The van der Waals surface area contributed by atoms with Crippen molar-refractivity contribution < 1.29 is 9.59 Å². The summed E-state index contributed by atoms with van der Waals surface area (Å²) in [5, 5.41) is 0. The lowest BCUT2D eigenvalue weighted by atomic mass is 10.2. The van der Waals surface area contributed by atoms with E-state index in [0.29, 0.717) is 26.2 Å². The molecule has 4 heteroatoms. The number of hydrogen-bond acceptors (Lipinski definition) is 2. The standard InChI is InChI=1S/C20H24N2O2/c1-3-21(15-17-11-7-5-8-12-17)19(23)20(24)22(4-2)16-18-13-9-6-10-14-18/h5-14H,3-4,15-16H2,1-2H3. The summed E-state index contributed by atoms with van der Waals surface area (Å²) in [6.45, 7) is 5.68. The summed E-state index contributed by atoms with van der Waals surface area (Å²) >= 11 is 0. The number of carbonyl (C=O) groups is 2. The van der Waals surface area contributed by atoms with Gasteiger partial charge in [-0.25, -0.2) is 0 Å². The van der Waals surface area contributed by atoms with Crippen molar-refractivity contribution >= 4 is 11.8 Å². The summed E-state index contributed by atoms with van der Waals surface area (Å²) in [4.78, 5) is 28.4. The zero-order chi connectivity index (χ0) is 17.4. The predicted molar refractivity (Wildman–Crippen MR) is 95.1 cm³/mol. The van der Waals surface area contributed by atoms with Gasteiger partial charge in [0.25, 0.3) is 0 Å². The van der Waals surface area contributed by atoms with Crippen LogP contribution < -0.4 is 0 Å². The van der Waals surface area contributed by atoms with Crippen molar-refractivity contribution in [3.63, 3.8) is 0 Å². The Labute approximate surface area is 143 Å². The van der Waals surface area contributed by atoms with Crippen LogP contribution in [0.5, 0.6) is 0 Å². The van der Waals surface area contributed by atoms with Gasteiger partial charge in [0.2, 0.25) is 0 Å². The summed E-state index contributed by atoms with van der Waals surface area (Å²) in [6.07, 6.45) is 0. The van der Waals surface area contributed by atoms with Gasteiger partial charge in [-0.15, -0.1) is 0 Å². The van der Waals surface area contributed by atoms with E-state index in [1.165, 1.54) is 0 Å². The monoisotopic (exact) mass is 324 g/mol. The molecule has 126 valence electrons. The topological polar surface area (TPSA) is 40.6 Å². The molecule has 0 unspecified atom stereocenters.